The molecule has 2 heterocycles. The van der Waals surface area contributed by atoms with Crippen molar-refractivity contribution in [2.45, 2.75) is 44.6 Å². The molecule has 4 nitrogen and oxygen atoms in total. The molecule has 1 saturated carbocycles. The SMILES string of the molecule is O=C(NC1CCCCC1)c1cc(Cc2ccc(-c3nccs3)cc2)c2ccccc2n1. The maximum Gasteiger partial charge on any atom is 0.270 e. The first kappa shape index (κ1) is 19.9. The van der Waals surface area contributed by atoms with E-state index in [-0.39, 0.29) is 11.9 Å². The Morgan fingerprint density at radius 1 is 1.03 bits per heavy atom. The number of rotatable bonds is 5. The lowest BCUT2D eigenvalue weighted by atomic mass is 9.95. The molecular weight excluding hydrogens is 402 g/mol. The van der Waals surface area contributed by atoms with Crippen LogP contribution in [0.2, 0.25) is 0 Å². The molecule has 0 spiro atoms. The van der Waals surface area contributed by atoms with E-state index in [2.05, 4.69) is 45.6 Å². The van der Waals surface area contributed by atoms with E-state index >= 15 is 0 Å². The third kappa shape index (κ3) is 4.52. The average molecular weight is 428 g/mol. The summed E-state index contributed by atoms with van der Waals surface area (Å²) in [6, 6.07) is 18.9. The molecule has 31 heavy (non-hydrogen) atoms. The van der Waals surface area contributed by atoms with E-state index in [9.17, 15) is 4.79 Å². The molecule has 0 aliphatic heterocycles. The highest BCUT2D eigenvalue weighted by Crippen LogP contribution is 2.25. The number of carbonyl (C=O) groups excluding carboxylic acids is 1. The molecule has 0 bridgehead atoms. The summed E-state index contributed by atoms with van der Waals surface area (Å²) in [5.74, 6) is -0.0574. The number of thiazole rings is 1. The van der Waals surface area contributed by atoms with Crippen LogP contribution in [0.3, 0.4) is 0 Å². The van der Waals surface area contributed by atoms with Crippen LogP contribution < -0.4 is 5.32 Å². The van der Waals surface area contributed by atoms with Crippen LogP contribution in [-0.4, -0.2) is 21.9 Å². The van der Waals surface area contributed by atoms with Crippen molar-refractivity contribution in [1.82, 2.24) is 15.3 Å². The maximum absolute atomic E-state index is 13.0. The third-order valence-corrected chi connectivity index (χ3v) is 6.82. The molecule has 0 unspecified atom stereocenters. The minimum Gasteiger partial charge on any atom is -0.348 e. The molecule has 2 aromatic carbocycles. The Kier molecular flexibility index (Phi) is 5.76. The number of hydrogen-bond donors (Lipinski definition) is 1. The van der Waals surface area contributed by atoms with Crippen LogP contribution >= 0.6 is 11.3 Å². The number of hydrogen-bond acceptors (Lipinski definition) is 4. The Morgan fingerprint density at radius 2 is 1.84 bits per heavy atom. The molecule has 1 aliphatic carbocycles. The highest BCUT2D eigenvalue weighted by atomic mass is 32.1. The van der Waals surface area contributed by atoms with Crippen molar-refractivity contribution in [3.63, 3.8) is 0 Å². The standard InChI is InChI=1S/C26H25N3OS/c30-25(28-21-6-2-1-3-7-21)24-17-20(22-8-4-5-9-23(22)29-24)16-18-10-12-19(13-11-18)26-27-14-15-31-26/h4-5,8-15,17,21H,1-3,6-7,16H2,(H,28,30). The summed E-state index contributed by atoms with van der Waals surface area (Å²) < 4.78 is 0. The van der Waals surface area contributed by atoms with Gasteiger partial charge < -0.3 is 5.32 Å². The van der Waals surface area contributed by atoms with Crippen LogP contribution in [0.5, 0.6) is 0 Å². The van der Waals surface area contributed by atoms with Crippen LogP contribution in [0.15, 0.2) is 66.2 Å². The van der Waals surface area contributed by atoms with E-state index in [0.29, 0.717) is 5.69 Å². The van der Waals surface area contributed by atoms with Crippen molar-refractivity contribution in [2.24, 2.45) is 0 Å². The topological polar surface area (TPSA) is 54.9 Å². The smallest absolute Gasteiger partial charge is 0.270 e. The van der Waals surface area contributed by atoms with Gasteiger partial charge in [-0.1, -0.05) is 61.7 Å². The Hall–Kier alpha value is -3.05. The summed E-state index contributed by atoms with van der Waals surface area (Å²) in [5.41, 5.74) is 4.84. The van der Waals surface area contributed by atoms with E-state index in [1.807, 2.05) is 35.8 Å². The molecule has 156 valence electrons. The first-order valence-corrected chi connectivity index (χ1v) is 11.8. The number of pyridine rings is 1. The second kappa shape index (κ2) is 8.98. The van der Waals surface area contributed by atoms with Gasteiger partial charge in [-0.25, -0.2) is 9.97 Å². The molecule has 2 aromatic heterocycles. The van der Waals surface area contributed by atoms with Crippen LogP contribution in [0.1, 0.15) is 53.7 Å². The van der Waals surface area contributed by atoms with Gasteiger partial charge in [0.25, 0.3) is 5.91 Å². The molecule has 1 fully saturated rings. The number of fused-ring (bicyclic) bond motifs is 1. The van der Waals surface area contributed by atoms with Crippen LogP contribution in [0.4, 0.5) is 0 Å². The van der Waals surface area contributed by atoms with Gasteiger partial charge in [-0.3, -0.25) is 4.79 Å². The number of aromatic nitrogens is 2. The number of nitrogens with zero attached hydrogens (tertiary/aromatic N) is 2. The molecule has 5 rings (SSSR count). The zero-order valence-corrected chi connectivity index (χ0v) is 18.2. The Labute approximate surface area is 186 Å². The molecule has 0 saturated heterocycles. The predicted octanol–water partition coefficient (Wildman–Crippen LogP) is 6.01. The predicted molar refractivity (Wildman–Crippen MR) is 126 cm³/mol. The minimum absolute atomic E-state index is 0.0574. The fourth-order valence-electron chi connectivity index (χ4n) is 4.37. The van der Waals surface area contributed by atoms with E-state index < -0.39 is 0 Å². The summed E-state index contributed by atoms with van der Waals surface area (Å²) in [6.45, 7) is 0. The molecule has 1 aliphatic rings. The highest BCUT2D eigenvalue weighted by molar-refractivity contribution is 7.13. The Morgan fingerprint density at radius 3 is 2.61 bits per heavy atom. The second-order valence-electron chi connectivity index (χ2n) is 8.20. The quantitative estimate of drug-likeness (QED) is 0.424. The average Bonchev–Trinajstić information content (AvgIpc) is 3.35. The van der Waals surface area contributed by atoms with Crippen LogP contribution in [-0.2, 0) is 6.42 Å². The van der Waals surface area contributed by atoms with Crippen molar-refractivity contribution in [3.05, 3.63) is 83.0 Å². The van der Waals surface area contributed by atoms with Crippen molar-refractivity contribution in [3.8, 4) is 10.6 Å². The van der Waals surface area contributed by atoms with Gasteiger partial charge in [0, 0.05) is 28.6 Å². The van der Waals surface area contributed by atoms with Crippen molar-refractivity contribution in [2.75, 3.05) is 0 Å². The maximum atomic E-state index is 13.0. The summed E-state index contributed by atoms with van der Waals surface area (Å²) in [4.78, 5) is 22.0. The highest BCUT2D eigenvalue weighted by Gasteiger charge is 2.19. The summed E-state index contributed by atoms with van der Waals surface area (Å²) in [5, 5.41) is 7.33. The van der Waals surface area contributed by atoms with Crippen molar-refractivity contribution >= 4 is 28.1 Å². The van der Waals surface area contributed by atoms with E-state index in [1.165, 1.54) is 24.8 Å². The number of benzene rings is 2. The van der Waals surface area contributed by atoms with Gasteiger partial charge in [-0.05, 0) is 42.5 Å². The normalized spacial score (nSPS) is 14.6. The molecule has 1 N–H and O–H groups in total. The summed E-state index contributed by atoms with van der Waals surface area (Å²) in [6.07, 6.45) is 8.37. The summed E-state index contributed by atoms with van der Waals surface area (Å²) >= 11 is 1.64. The van der Waals surface area contributed by atoms with Gasteiger partial charge in [0.1, 0.15) is 10.7 Å². The van der Waals surface area contributed by atoms with Gasteiger partial charge in [0.2, 0.25) is 0 Å². The second-order valence-corrected chi connectivity index (χ2v) is 9.10. The largest absolute Gasteiger partial charge is 0.348 e. The molecule has 0 radical (unpaired) electrons. The van der Waals surface area contributed by atoms with Gasteiger partial charge in [0.15, 0.2) is 0 Å². The number of carbonyl (C=O) groups is 1. The molecule has 4 aromatic rings. The van der Waals surface area contributed by atoms with E-state index in [4.69, 9.17) is 0 Å². The molecule has 0 atom stereocenters. The fraction of sp³-hybridized carbons (Fsp3) is 0.269. The zero-order valence-electron chi connectivity index (χ0n) is 17.4. The van der Waals surface area contributed by atoms with Gasteiger partial charge >= 0.3 is 0 Å². The lowest BCUT2D eigenvalue weighted by molar-refractivity contribution is 0.0923. The van der Waals surface area contributed by atoms with E-state index in [1.54, 1.807) is 11.3 Å². The number of amides is 1. The summed E-state index contributed by atoms with van der Waals surface area (Å²) in [7, 11) is 0. The zero-order chi connectivity index (χ0) is 21.0. The lowest BCUT2D eigenvalue weighted by Gasteiger charge is -2.22. The lowest BCUT2D eigenvalue weighted by Crippen LogP contribution is -2.36. The molecule has 1 amide bonds. The third-order valence-electron chi connectivity index (χ3n) is 6.00. The fourth-order valence-corrected chi connectivity index (χ4v) is 5.01. The molecular formula is C26H25N3OS. The first-order chi connectivity index (χ1) is 15.3. The van der Waals surface area contributed by atoms with Crippen LogP contribution in [0, 0.1) is 0 Å². The number of para-hydroxylation sites is 1. The van der Waals surface area contributed by atoms with Gasteiger partial charge in [0.05, 0.1) is 5.52 Å². The van der Waals surface area contributed by atoms with Crippen LogP contribution in [0.25, 0.3) is 21.5 Å². The Bertz CT molecular complexity index is 1180. The van der Waals surface area contributed by atoms with Crippen molar-refractivity contribution in [1.29, 1.82) is 0 Å². The van der Waals surface area contributed by atoms with Crippen molar-refractivity contribution < 1.29 is 4.79 Å². The van der Waals surface area contributed by atoms with E-state index in [0.717, 1.165) is 46.3 Å². The number of nitrogens with one attached hydrogen (secondary N) is 1. The molecule has 5 heteroatoms. The minimum atomic E-state index is -0.0574. The monoisotopic (exact) mass is 427 g/mol. The first-order valence-electron chi connectivity index (χ1n) is 10.9. The van der Waals surface area contributed by atoms with Gasteiger partial charge in [-0.2, -0.15) is 0 Å². The Balaban J connectivity index is 1.42. The van der Waals surface area contributed by atoms with Gasteiger partial charge in [-0.15, -0.1) is 11.3 Å².